The number of hydrogen-bond donors (Lipinski definition) is 2. The van der Waals surface area contributed by atoms with E-state index in [1.165, 1.54) is 0 Å². The number of hydrogen-bond acceptors (Lipinski definition) is 4. The standard InChI is InChI=1S/C15H16BrN3OS/c1-9(17)15(12-6-7-13(16)21-12)19-8-14(20)18-10-4-2-3-5-11(10)19/h2-7,9,15H,8,17H2,1H3,(H,18,20). The lowest BCUT2D eigenvalue weighted by atomic mass is 10.0. The number of para-hydroxylation sites is 2. The molecule has 0 fully saturated rings. The van der Waals surface area contributed by atoms with Crippen LogP contribution in [0.4, 0.5) is 11.4 Å². The molecule has 3 rings (SSSR count). The Morgan fingerprint density at radius 2 is 2.10 bits per heavy atom. The first-order valence-corrected chi connectivity index (χ1v) is 8.33. The molecule has 3 N–H and O–H groups in total. The molecule has 0 spiro atoms. The summed E-state index contributed by atoms with van der Waals surface area (Å²) in [6, 6.07) is 11.8. The number of amides is 1. The van der Waals surface area contributed by atoms with Gasteiger partial charge in [0.05, 0.1) is 27.7 Å². The average Bonchev–Trinajstić information content (AvgIpc) is 2.84. The van der Waals surface area contributed by atoms with E-state index in [4.69, 9.17) is 5.73 Å². The van der Waals surface area contributed by atoms with Gasteiger partial charge in [-0.15, -0.1) is 11.3 Å². The molecule has 1 aliphatic rings. The maximum absolute atomic E-state index is 12.0. The van der Waals surface area contributed by atoms with E-state index < -0.39 is 0 Å². The number of anilines is 2. The van der Waals surface area contributed by atoms with Gasteiger partial charge in [0.15, 0.2) is 0 Å². The van der Waals surface area contributed by atoms with Crippen LogP contribution in [0.25, 0.3) is 0 Å². The highest BCUT2D eigenvalue weighted by atomic mass is 79.9. The van der Waals surface area contributed by atoms with Crippen LogP contribution in [0.1, 0.15) is 17.8 Å². The minimum absolute atomic E-state index is 0.00466. The van der Waals surface area contributed by atoms with Crippen LogP contribution in [0.5, 0.6) is 0 Å². The van der Waals surface area contributed by atoms with Crippen LogP contribution in [-0.4, -0.2) is 18.5 Å². The van der Waals surface area contributed by atoms with Gasteiger partial charge in [-0.2, -0.15) is 0 Å². The first-order valence-electron chi connectivity index (χ1n) is 6.72. The molecule has 2 unspecified atom stereocenters. The van der Waals surface area contributed by atoms with Crippen LogP contribution >= 0.6 is 27.3 Å². The van der Waals surface area contributed by atoms with Crippen molar-refractivity contribution in [3.63, 3.8) is 0 Å². The fourth-order valence-corrected chi connectivity index (χ4v) is 4.34. The van der Waals surface area contributed by atoms with Crippen molar-refractivity contribution in [1.82, 2.24) is 0 Å². The van der Waals surface area contributed by atoms with E-state index in [0.717, 1.165) is 20.0 Å². The van der Waals surface area contributed by atoms with Crippen LogP contribution in [-0.2, 0) is 4.79 Å². The molecule has 110 valence electrons. The molecule has 1 amide bonds. The SMILES string of the molecule is CC(N)C(c1ccc(Br)s1)N1CC(=O)Nc2ccccc21. The van der Waals surface area contributed by atoms with E-state index >= 15 is 0 Å². The van der Waals surface area contributed by atoms with Gasteiger partial charge >= 0.3 is 0 Å². The van der Waals surface area contributed by atoms with E-state index in [1.807, 2.05) is 37.3 Å². The number of nitrogens with zero attached hydrogens (tertiary/aromatic N) is 1. The molecule has 2 atom stereocenters. The number of nitrogens with two attached hydrogens (primary N) is 1. The Hall–Kier alpha value is -1.37. The second kappa shape index (κ2) is 5.79. The van der Waals surface area contributed by atoms with Gasteiger partial charge in [0.1, 0.15) is 0 Å². The summed E-state index contributed by atoms with van der Waals surface area (Å²) in [5, 5.41) is 2.91. The van der Waals surface area contributed by atoms with E-state index in [1.54, 1.807) is 11.3 Å². The second-order valence-electron chi connectivity index (χ2n) is 5.14. The zero-order chi connectivity index (χ0) is 15.0. The maximum atomic E-state index is 12.0. The molecule has 2 aromatic rings. The summed E-state index contributed by atoms with van der Waals surface area (Å²) >= 11 is 5.15. The third-order valence-electron chi connectivity index (χ3n) is 3.52. The largest absolute Gasteiger partial charge is 0.351 e. The number of carbonyl (C=O) groups is 1. The lowest BCUT2D eigenvalue weighted by Gasteiger charge is -2.38. The topological polar surface area (TPSA) is 58.4 Å². The number of fused-ring (bicyclic) bond motifs is 1. The molecule has 1 aromatic carbocycles. The summed E-state index contributed by atoms with van der Waals surface area (Å²) in [5.74, 6) is -0.00466. The quantitative estimate of drug-likeness (QED) is 0.876. The van der Waals surface area contributed by atoms with Gasteiger partial charge in [0, 0.05) is 10.9 Å². The molecule has 21 heavy (non-hydrogen) atoms. The molecular weight excluding hydrogens is 350 g/mol. The Labute approximate surface area is 136 Å². The summed E-state index contributed by atoms with van der Waals surface area (Å²) in [6.45, 7) is 2.30. The third kappa shape index (κ3) is 2.84. The molecule has 4 nitrogen and oxygen atoms in total. The summed E-state index contributed by atoms with van der Waals surface area (Å²) in [6.07, 6.45) is 0. The fourth-order valence-electron chi connectivity index (χ4n) is 2.69. The van der Waals surface area contributed by atoms with Crippen LogP contribution in [0.2, 0.25) is 0 Å². The smallest absolute Gasteiger partial charge is 0.243 e. The van der Waals surface area contributed by atoms with Crippen molar-refractivity contribution in [3.05, 3.63) is 45.1 Å². The van der Waals surface area contributed by atoms with Gasteiger partial charge in [-0.3, -0.25) is 4.79 Å². The predicted octanol–water partition coefficient (Wildman–Crippen LogP) is 3.36. The Kier molecular flexibility index (Phi) is 4.01. The van der Waals surface area contributed by atoms with E-state index in [-0.39, 0.29) is 18.0 Å². The van der Waals surface area contributed by atoms with Gasteiger partial charge in [-0.1, -0.05) is 12.1 Å². The van der Waals surface area contributed by atoms with Crippen LogP contribution < -0.4 is 16.0 Å². The molecular formula is C15H16BrN3OS. The Balaban J connectivity index is 2.06. The molecule has 1 aromatic heterocycles. The molecule has 0 saturated carbocycles. The van der Waals surface area contributed by atoms with Gasteiger partial charge in [0.2, 0.25) is 5.91 Å². The molecule has 1 aliphatic heterocycles. The molecule has 0 bridgehead atoms. The fraction of sp³-hybridized carbons (Fsp3) is 0.267. The van der Waals surface area contributed by atoms with Crippen molar-refractivity contribution in [2.45, 2.75) is 19.0 Å². The number of nitrogens with one attached hydrogen (secondary N) is 1. The van der Waals surface area contributed by atoms with E-state index in [2.05, 4.69) is 32.2 Å². The summed E-state index contributed by atoms with van der Waals surface area (Å²) in [5.41, 5.74) is 8.09. The van der Waals surface area contributed by atoms with Crippen LogP contribution in [0.15, 0.2) is 40.2 Å². The zero-order valence-electron chi connectivity index (χ0n) is 11.5. The highest BCUT2D eigenvalue weighted by molar-refractivity contribution is 9.11. The molecule has 0 radical (unpaired) electrons. The number of rotatable bonds is 3. The van der Waals surface area contributed by atoms with Crippen molar-refractivity contribution in [2.75, 3.05) is 16.8 Å². The Morgan fingerprint density at radius 1 is 1.33 bits per heavy atom. The summed E-state index contributed by atoms with van der Waals surface area (Å²) < 4.78 is 1.07. The number of carbonyl (C=O) groups excluding carboxylic acids is 1. The van der Waals surface area contributed by atoms with Crippen molar-refractivity contribution in [3.8, 4) is 0 Å². The number of halogens is 1. The molecule has 6 heteroatoms. The van der Waals surface area contributed by atoms with Crippen molar-refractivity contribution >= 4 is 44.5 Å². The Morgan fingerprint density at radius 3 is 2.76 bits per heavy atom. The first-order chi connectivity index (χ1) is 10.1. The van der Waals surface area contributed by atoms with Crippen molar-refractivity contribution in [2.24, 2.45) is 5.73 Å². The van der Waals surface area contributed by atoms with Gasteiger partial charge in [-0.05, 0) is 47.1 Å². The number of thiophene rings is 1. The van der Waals surface area contributed by atoms with Crippen molar-refractivity contribution in [1.29, 1.82) is 0 Å². The molecule has 0 saturated heterocycles. The van der Waals surface area contributed by atoms with Gasteiger partial charge in [0.25, 0.3) is 0 Å². The first kappa shape index (κ1) is 14.6. The summed E-state index contributed by atoms with van der Waals surface area (Å²) in [7, 11) is 0. The van der Waals surface area contributed by atoms with E-state index in [9.17, 15) is 4.79 Å². The van der Waals surface area contributed by atoms with E-state index in [0.29, 0.717) is 6.54 Å². The third-order valence-corrected chi connectivity index (χ3v) is 5.22. The minimum atomic E-state index is -0.0884. The lowest BCUT2D eigenvalue weighted by Crippen LogP contribution is -2.46. The zero-order valence-corrected chi connectivity index (χ0v) is 13.9. The molecule has 2 heterocycles. The van der Waals surface area contributed by atoms with Crippen molar-refractivity contribution < 1.29 is 4.79 Å². The van der Waals surface area contributed by atoms with Gasteiger partial charge < -0.3 is 16.0 Å². The second-order valence-corrected chi connectivity index (χ2v) is 7.63. The maximum Gasteiger partial charge on any atom is 0.243 e. The normalized spacial score (nSPS) is 17.1. The van der Waals surface area contributed by atoms with Crippen LogP contribution in [0.3, 0.4) is 0 Å². The summed E-state index contributed by atoms with van der Waals surface area (Å²) in [4.78, 5) is 15.2. The van der Waals surface area contributed by atoms with Crippen LogP contribution in [0, 0.1) is 0 Å². The highest BCUT2D eigenvalue weighted by Crippen LogP contribution is 2.39. The monoisotopic (exact) mass is 365 g/mol. The Bertz CT molecular complexity index is 670. The number of benzene rings is 1. The highest BCUT2D eigenvalue weighted by Gasteiger charge is 2.31. The lowest BCUT2D eigenvalue weighted by molar-refractivity contribution is -0.115. The van der Waals surface area contributed by atoms with Gasteiger partial charge in [-0.25, -0.2) is 0 Å². The average molecular weight is 366 g/mol. The molecule has 0 aliphatic carbocycles. The predicted molar refractivity (Wildman–Crippen MR) is 90.8 cm³/mol. The minimum Gasteiger partial charge on any atom is -0.351 e.